The minimum atomic E-state index is 0.636. The maximum absolute atomic E-state index is 5.26. The fraction of sp³-hybridized carbons (Fsp3) is 0.375. The molecule has 0 bridgehead atoms. The van der Waals surface area contributed by atoms with E-state index in [4.69, 9.17) is 4.52 Å². The molecular formula is C16H20N4O. The Morgan fingerprint density at radius 1 is 1.29 bits per heavy atom. The third kappa shape index (κ3) is 2.83. The highest BCUT2D eigenvalue weighted by molar-refractivity contribution is 5.84. The van der Waals surface area contributed by atoms with Crippen LogP contribution in [-0.2, 0) is 19.5 Å². The molecule has 0 saturated heterocycles. The molecule has 0 spiro atoms. The van der Waals surface area contributed by atoms with Crippen LogP contribution < -0.4 is 5.32 Å². The summed E-state index contributed by atoms with van der Waals surface area (Å²) in [4.78, 5) is 4.44. The summed E-state index contributed by atoms with van der Waals surface area (Å²) in [5, 5.41) is 8.55. The van der Waals surface area contributed by atoms with Crippen molar-refractivity contribution in [2.75, 3.05) is 7.05 Å². The Kier molecular flexibility index (Phi) is 4.01. The van der Waals surface area contributed by atoms with Gasteiger partial charge in [-0.25, -0.2) is 0 Å². The molecule has 110 valence electrons. The Morgan fingerprint density at radius 2 is 2.14 bits per heavy atom. The van der Waals surface area contributed by atoms with Crippen molar-refractivity contribution >= 4 is 10.9 Å². The van der Waals surface area contributed by atoms with E-state index in [-0.39, 0.29) is 0 Å². The third-order valence-electron chi connectivity index (χ3n) is 3.52. The number of hydrogen-bond acceptors (Lipinski definition) is 4. The average molecular weight is 284 g/mol. The van der Waals surface area contributed by atoms with E-state index in [9.17, 15) is 0 Å². The van der Waals surface area contributed by atoms with Crippen LogP contribution in [-0.4, -0.2) is 21.8 Å². The quantitative estimate of drug-likeness (QED) is 0.756. The monoisotopic (exact) mass is 284 g/mol. The average Bonchev–Trinajstić information content (AvgIpc) is 3.07. The maximum atomic E-state index is 5.26. The van der Waals surface area contributed by atoms with Crippen molar-refractivity contribution in [3.05, 3.63) is 47.7 Å². The number of hydrogen-bond donors (Lipinski definition) is 1. The lowest BCUT2D eigenvalue weighted by Gasteiger charge is -2.00. The summed E-state index contributed by atoms with van der Waals surface area (Å²) in [6.45, 7) is 3.59. The molecule has 0 fully saturated rings. The van der Waals surface area contributed by atoms with Crippen LogP contribution in [0.1, 0.15) is 30.6 Å². The van der Waals surface area contributed by atoms with Gasteiger partial charge in [0.1, 0.15) is 0 Å². The number of nitrogens with zero attached hydrogens (tertiary/aromatic N) is 3. The van der Waals surface area contributed by atoms with Crippen LogP contribution in [0.25, 0.3) is 10.9 Å². The van der Waals surface area contributed by atoms with E-state index < -0.39 is 0 Å². The number of fused-ring (bicyclic) bond motifs is 1. The molecule has 0 aliphatic heterocycles. The SMILES string of the molecule is CCCc1nc(Cn2cc(CNC)c3ccccc32)no1. The first-order valence-electron chi connectivity index (χ1n) is 7.34. The summed E-state index contributed by atoms with van der Waals surface area (Å²) < 4.78 is 7.44. The largest absolute Gasteiger partial charge is 0.339 e. The summed E-state index contributed by atoms with van der Waals surface area (Å²) in [6, 6.07) is 8.40. The number of benzene rings is 1. The molecule has 0 saturated carbocycles. The van der Waals surface area contributed by atoms with Gasteiger partial charge in [0, 0.05) is 30.1 Å². The number of aromatic nitrogens is 3. The van der Waals surface area contributed by atoms with Gasteiger partial charge in [-0.3, -0.25) is 0 Å². The molecule has 2 heterocycles. The highest BCUT2D eigenvalue weighted by Gasteiger charge is 2.11. The Balaban J connectivity index is 1.92. The fourth-order valence-electron chi connectivity index (χ4n) is 2.61. The summed E-state index contributed by atoms with van der Waals surface area (Å²) in [6.07, 6.45) is 4.02. The number of rotatable bonds is 6. The lowest BCUT2D eigenvalue weighted by molar-refractivity contribution is 0.371. The minimum absolute atomic E-state index is 0.636. The van der Waals surface area contributed by atoms with Gasteiger partial charge >= 0.3 is 0 Å². The van der Waals surface area contributed by atoms with Crippen molar-refractivity contribution in [3.63, 3.8) is 0 Å². The highest BCUT2D eigenvalue weighted by atomic mass is 16.5. The first-order chi connectivity index (χ1) is 10.3. The molecule has 0 unspecified atom stereocenters. The molecule has 0 radical (unpaired) electrons. The van der Waals surface area contributed by atoms with Crippen molar-refractivity contribution in [2.45, 2.75) is 32.9 Å². The van der Waals surface area contributed by atoms with Gasteiger partial charge in [-0.1, -0.05) is 30.3 Å². The van der Waals surface area contributed by atoms with E-state index in [0.29, 0.717) is 6.54 Å². The van der Waals surface area contributed by atoms with Gasteiger partial charge in [0.05, 0.1) is 6.54 Å². The first-order valence-corrected chi connectivity index (χ1v) is 7.34. The van der Waals surface area contributed by atoms with E-state index in [1.54, 1.807) is 0 Å². The number of aryl methyl sites for hydroxylation is 1. The van der Waals surface area contributed by atoms with Gasteiger partial charge in [-0.15, -0.1) is 0 Å². The number of para-hydroxylation sites is 1. The smallest absolute Gasteiger partial charge is 0.226 e. The molecule has 5 nitrogen and oxygen atoms in total. The molecule has 3 rings (SSSR count). The van der Waals surface area contributed by atoms with E-state index in [2.05, 4.69) is 57.4 Å². The van der Waals surface area contributed by atoms with Crippen LogP contribution in [0.4, 0.5) is 0 Å². The van der Waals surface area contributed by atoms with E-state index in [0.717, 1.165) is 31.1 Å². The Morgan fingerprint density at radius 3 is 2.95 bits per heavy atom. The molecule has 21 heavy (non-hydrogen) atoms. The summed E-state index contributed by atoms with van der Waals surface area (Å²) in [5.74, 6) is 1.45. The molecule has 0 amide bonds. The van der Waals surface area contributed by atoms with Crippen LogP contribution in [0.5, 0.6) is 0 Å². The lowest BCUT2D eigenvalue weighted by Crippen LogP contribution is -2.04. The molecule has 5 heteroatoms. The van der Waals surface area contributed by atoms with E-state index in [1.807, 2.05) is 7.05 Å². The molecular weight excluding hydrogens is 264 g/mol. The van der Waals surface area contributed by atoms with E-state index in [1.165, 1.54) is 16.5 Å². The second kappa shape index (κ2) is 6.10. The van der Waals surface area contributed by atoms with Crippen LogP contribution in [0.2, 0.25) is 0 Å². The molecule has 0 atom stereocenters. The second-order valence-electron chi connectivity index (χ2n) is 5.18. The van der Waals surface area contributed by atoms with E-state index >= 15 is 0 Å². The van der Waals surface area contributed by atoms with Crippen molar-refractivity contribution in [1.29, 1.82) is 0 Å². The minimum Gasteiger partial charge on any atom is -0.339 e. The van der Waals surface area contributed by atoms with Crippen molar-refractivity contribution in [3.8, 4) is 0 Å². The topological polar surface area (TPSA) is 55.9 Å². The van der Waals surface area contributed by atoms with Crippen LogP contribution >= 0.6 is 0 Å². The zero-order chi connectivity index (χ0) is 14.7. The molecule has 0 aliphatic carbocycles. The third-order valence-corrected chi connectivity index (χ3v) is 3.52. The van der Waals surface area contributed by atoms with Gasteiger partial charge in [-0.2, -0.15) is 4.98 Å². The van der Waals surface area contributed by atoms with Gasteiger partial charge in [-0.05, 0) is 25.1 Å². The normalized spacial score (nSPS) is 11.3. The maximum Gasteiger partial charge on any atom is 0.226 e. The van der Waals surface area contributed by atoms with Crippen LogP contribution in [0, 0.1) is 0 Å². The fourth-order valence-corrected chi connectivity index (χ4v) is 2.61. The summed E-state index contributed by atoms with van der Waals surface area (Å²) in [5.41, 5.74) is 2.48. The van der Waals surface area contributed by atoms with Crippen LogP contribution in [0.15, 0.2) is 35.0 Å². The van der Waals surface area contributed by atoms with Gasteiger partial charge < -0.3 is 14.4 Å². The summed E-state index contributed by atoms with van der Waals surface area (Å²) >= 11 is 0. The predicted molar refractivity (Wildman–Crippen MR) is 82.1 cm³/mol. The molecule has 1 aromatic carbocycles. The van der Waals surface area contributed by atoms with Crippen molar-refractivity contribution in [1.82, 2.24) is 20.0 Å². The zero-order valence-corrected chi connectivity index (χ0v) is 12.5. The van der Waals surface area contributed by atoms with Crippen molar-refractivity contribution in [2.24, 2.45) is 0 Å². The molecule has 0 aliphatic rings. The molecule has 3 aromatic rings. The summed E-state index contributed by atoms with van der Waals surface area (Å²) in [7, 11) is 1.96. The molecule has 1 N–H and O–H groups in total. The zero-order valence-electron chi connectivity index (χ0n) is 12.5. The van der Waals surface area contributed by atoms with Crippen LogP contribution in [0.3, 0.4) is 0 Å². The highest BCUT2D eigenvalue weighted by Crippen LogP contribution is 2.22. The second-order valence-corrected chi connectivity index (χ2v) is 5.18. The Bertz CT molecular complexity index is 729. The van der Waals surface area contributed by atoms with Gasteiger partial charge in [0.2, 0.25) is 5.89 Å². The Hall–Kier alpha value is -2.14. The van der Waals surface area contributed by atoms with Gasteiger partial charge in [0.15, 0.2) is 5.82 Å². The van der Waals surface area contributed by atoms with Crippen molar-refractivity contribution < 1.29 is 4.52 Å². The standard InChI is InChI=1S/C16H20N4O/c1-3-6-16-18-15(19-21-16)11-20-10-12(9-17-2)13-7-4-5-8-14(13)20/h4-5,7-8,10,17H,3,6,9,11H2,1-2H3. The lowest BCUT2D eigenvalue weighted by atomic mass is 10.2. The van der Waals surface area contributed by atoms with Gasteiger partial charge in [0.25, 0.3) is 0 Å². The predicted octanol–water partition coefficient (Wildman–Crippen LogP) is 2.74. The first kappa shape index (κ1) is 13.8. The molecule has 2 aromatic heterocycles. The Labute approximate surface area is 124 Å². The number of nitrogens with one attached hydrogen (secondary N) is 1.